The quantitative estimate of drug-likeness (QED) is 0.849. The van der Waals surface area contributed by atoms with Crippen LogP contribution in [0.2, 0.25) is 10.0 Å². The minimum absolute atomic E-state index is 0.0933. The second kappa shape index (κ2) is 4.63. The third kappa shape index (κ3) is 2.09. The Labute approximate surface area is 113 Å². The van der Waals surface area contributed by atoms with Crippen molar-refractivity contribution in [2.24, 2.45) is 0 Å². The van der Waals surface area contributed by atoms with E-state index in [1.54, 1.807) is 12.1 Å². The molecule has 1 aliphatic rings. The molecule has 0 saturated heterocycles. The number of esters is 1. The van der Waals surface area contributed by atoms with E-state index in [9.17, 15) is 14.7 Å². The second-order valence-electron chi connectivity index (χ2n) is 3.77. The lowest BCUT2D eigenvalue weighted by Crippen LogP contribution is -2.08. The lowest BCUT2D eigenvalue weighted by Gasteiger charge is -2.13. The van der Waals surface area contributed by atoms with Gasteiger partial charge in [0.1, 0.15) is 0 Å². The van der Waals surface area contributed by atoms with E-state index in [2.05, 4.69) is 0 Å². The molecule has 0 fully saturated rings. The molecule has 94 valence electrons. The number of aliphatic hydroxyl groups excluding tert-OH is 1. The number of cyclic esters (lactones) is 1. The molecule has 2 rings (SSSR count). The summed E-state index contributed by atoms with van der Waals surface area (Å²) in [5.74, 6) is -2.05. The fourth-order valence-electron chi connectivity index (χ4n) is 1.74. The van der Waals surface area contributed by atoms with Gasteiger partial charge in [-0.25, -0.2) is 4.79 Å². The van der Waals surface area contributed by atoms with E-state index < -0.39 is 23.6 Å². The summed E-state index contributed by atoms with van der Waals surface area (Å²) in [6, 6.07) is 4.58. The summed E-state index contributed by atoms with van der Waals surface area (Å²) in [4.78, 5) is 22.7. The van der Waals surface area contributed by atoms with Crippen molar-refractivity contribution in [3.05, 3.63) is 45.1 Å². The number of hydrogen-bond donors (Lipinski definition) is 1. The van der Waals surface area contributed by atoms with Crippen LogP contribution in [0.4, 0.5) is 0 Å². The van der Waals surface area contributed by atoms with Gasteiger partial charge in [0.05, 0.1) is 5.57 Å². The summed E-state index contributed by atoms with van der Waals surface area (Å²) in [5.41, 5.74) is 0.313. The molecule has 18 heavy (non-hydrogen) atoms. The maximum absolute atomic E-state index is 11.4. The number of halogens is 2. The Bertz CT molecular complexity index is 577. The summed E-state index contributed by atoms with van der Waals surface area (Å²) in [6.45, 7) is 1.24. The molecule has 0 aromatic heterocycles. The van der Waals surface area contributed by atoms with Crippen molar-refractivity contribution >= 4 is 35.0 Å². The van der Waals surface area contributed by atoms with Crippen LogP contribution in [-0.2, 0) is 14.3 Å². The summed E-state index contributed by atoms with van der Waals surface area (Å²) < 4.78 is 4.94. The Balaban J connectivity index is 2.52. The van der Waals surface area contributed by atoms with Crippen molar-refractivity contribution in [3.8, 4) is 0 Å². The van der Waals surface area contributed by atoms with Crippen LogP contribution in [0.3, 0.4) is 0 Å². The van der Waals surface area contributed by atoms with Gasteiger partial charge in [-0.05, 0) is 19.1 Å². The van der Waals surface area contributed by atoms with Crippen LogP contribution in [0.1, 0.15) is 18.6 Å². The largest absolute Gasteiger partial charge is 0.501 e. The fourth-order valence-corrected chi connectivity index (χ4v) is 2.25. The van der Waals surface area contributed by atoms with Gasteiger partial charge in [0, 0.05) is 15.6 Å². The van der Waals surface area contributed by atoms with Crippen molar-refractivity contribution < 1.29 is 19.4 Å². The molecule has 6 heteroatoms. The standard InChI is InChI=1S/C12H8Cl2O4/c1-5(15)9-10(16)12(17)18-11(9)7-3-2-6(13)4-8(7)14/h2-4,11,16H,1H3. The van der Waals surface area contributed by atoms with E-state index in [0.717, 1.165) is 0 Å². The minimum atomic E-state index is -0.986. The van der Waals surface area contributed by atoms with Gasteiger partial charge in [-0.1, -0.05) is 29.3 Å². The summed E-state index contributed by atoms with van der Waals surface area (Å²) in [6.07, 6.45) is -0.986. The van der Waals surface area contributed by atoms with E-state index in [0.29, 0.717) is 10.6 Å². The third-order valence-electron chi connectivity index (χ3n) is 2.56. The normalized spacial score (nSPS) is 19.1. The number of hydrogen-bond acceptors (Lipinski definition) is 4. The predicted octanol–water partition coefficient (Wildman–Crippen LogP) is 2.99. The van der Waals surface area contributed by atoms with Gasteiger partial charge >= 0.3 is 5.97 Å². The molecule has 0 spiro atoms. The van der Waals surface area contributed by atoms with E-state index in [4.69, 9.17) is 27.9 Å². The van der Waals surface area contributed by atoms with Gasteiger partial charge < -0.3 is 9.84 Å². The Morgan fingerprint density at radius 1 is 1.39 bits per heavy atom. The van der Waals surface area contributed by atoms with Crippen LogP contribution >= 0.6 is 23.2 Å². The molecule has 0 bridgehead atoms. The van der Waals surface area contributed by atoms with Gasteiger partial charge in [0.25, 0.3) is 0 Å². The molecule has 1 heterocycles. The van der Waals surface area contributed by atoms with Gasteiger partial charge in [-0.2, -0.15) is 0 Å². The van der Waals surface area contributed by atoms with E-state index in [-0.39, 0.29) is 10.6 Å². The van der Waals surface area contributed by atoms with Crippen LogP contribution in [0, 0.1) is 0 Å². The van der Waals surface area contributed by atoms with Gasteiger partial charge in [-0.3, -0.25) is 4.79 Å². The zero-order valence-electron chi connectivity index (χ0n) is 9.24. The monoisotopic (exact) mass is 286 g/mol. The Hall–Kier alpha value is -1.52. The van der Waals surface area contributed by atoms with E-state index >= 15 is 0 Å². The number of ether oxygens (including phenoxy) is 1. The SMILES string of the molecule is CC(=O)C1=C(O)C(=O)OC1c1ccc(Cl)cc1Cl. The summed E-state index contributed by atoms with van der Waals surface area (Å²) in [5, 5.41) is 10.2. The average Bonchev–Trinajstić information content (AvgIpc) is 2.55. The lowest BCUT2D eigenvalue weighted by molar-refractivity contribution is -0.142. The molecule has 0 radical (unpaired) electrons. The molecule has 1 aromatic rings. The molecule has 1 aromatic carbocycles. The molecule has 1 N–H and O–H groups in total. The van der Waals surface area contributed by atoms with Crippen molar-refractivity contribution in [3.63, 3.8) is 0 Å². The van der Waals surface area contributed by atoms with E-state index in [1.807, 2.05) is 0 Å². The molecular formula is C12H8Cl2O4. The van der Waals surface area contributed by atoms with Gasteiger partial charge in [0.15, 0.2) is 11.9 Å². The lowest BCUT2D eigenvalue weighted by atomic mass is 9.99. The number of carbonyl (C=O) groups is 2. The summed E-state index contributed by atoms with van der Waals surface area (Å²) >= 11 is 11.7. The highest BCUT2D eigenvalue weighted by molar-refractivity contribution is 6.35. The Morgan fingerprint density at radius 2 is 2.06 bits per heavy atom. The van der Waals surface area contributed by atoms with Crippen LogP contribution < -0.4 is 0 Å². The molecule has 1 aliphatic heterocycles. The Morgan fingerprint density at radius 3 is 2.61 bits per heavy atom. The van der Waals surface area contributed by atoms with Crippen molar-refractivity contribution in [1.82, 2.24) is 0 Å². The maximum Gasteiger partial charge on any atom is 0.374 e. The predicted molar refractivity (Wildman–Crippen MR) is 65.6 cm³/mol. The molecule has 1 unspecified atom stereocenters. The van der Waals surface area contributed by atoms with Crippen molar-refractivity contribution in [2.45, 2.75) is 13.0 Å². The molecular weight excluding hydrogens is 279 g/mol. The fraction of sp³-hybridized carbons (Fsp3) is 0.167. The maximum atomic E-state index is 11.4. The van der Waals surface area contributed by atoms with Crippen molar-refractivity contribution in [1.29, 1.82) is 0 Å². The first-order valence-corrected chi connectivity index (χ1v) is 5.77. The molecule has 4 nitrogen and oxygen atoms in total. The smallest absolute Gasteiger partial charge is 0.374 e. The molecule has 1 atom stereocenters. The summed E-state index contributed by atoms with van der Waals surface area (Å²) in [7, 11) is 0. The second-order valence-corrected chi connectivity index (χ2v) is 4.61. The number of aliphatic hydroxyl groups is 1. The zero-order valence-corrected chi connectivity index (χ0v) is 10.7. The molecule has 0 aliphatic carbocycles. The van der Waals surface area contributed by atoms with Crippen molar-refractivity contribution in [2.75, 3.05) is 0 Å². The minimum Gasteiger partial charge on any atom is -0.501 e. The van der Waals surface area contributed by atoms with Crippen LogP contribution in [0.5, 0.6) is 0 Å². The van der Waals surface area contributed by atoms with Crippen LogP contribution in [0.15, 0.2) is 29.5 Å². The first-order chi connectivity index (χ1) is 8.41. The van der Waals surface area contributed by atoms with Crippen LogP contribution in [-0.4, -0.2) is 16.9 Å². The highest BCUT2D eigenvalue weighted by Crippen LogP contribution is 2.38. The van der Waals surface area contributed by atoms with Gasteiger partial charge in [0.2, 0.25) is 5.76 Å². The zero-order chi connectivity index (χ0) is 13.4. The number of carbonyl (C=O) groups excluding carboxylic acids is 2. The number of ketones is 1. The number of rotatable bonds is 2. The first kappa shape index (κ1) is 12.9. The molecule has 0 amide bonds. The van der Waals surface area contributed by atoms with E-state index in [1.165, 1.54) is 13.0 Å². The average molecular weight is 287 g/mol. The highest BCUT2D eigenvalue weighted by Gasteiger charge is 2.38. The van der Waals surface area contributed by atoms with Crippen LogP contribution in [0.25, 0.3) is 0 Å². The number of Topliss-reactive ketones (excluding diaryl/α,β-unsaturated/α-hetero) is 1. The Kier molecular flexibility index (Phi) is 3.32. The topological polar surface area (TPSA) is 63.6 Å². The highest BCUT2D eigenvalue weighted by atomic mass is 35.5. The van der Waals surface area contributed by atoms with Gasteiger partial charge in [-0.15, -0.1) is 0 Å². The first-order valence-electron chi connectivity index (χ1n) is 5.02. The molecule has 0 saturated carbocycles. The number of benzene rings is 1. The third-order valence-corrected chi connectivity index (χ3v) is 3.12.